The smallest absolute Gasteiger partial charge is 0.462 e. The molecule has 0 aliphatic rings. The first-order valence-electron chi connectivity index (χ1n) is 40.2. The zero-order valence-electron chi connectivity index (χ0n) is 60.0. The highest BCUT2D eigenvalue weighted by molar-refractivity contribution is 7.47. The van der Waals surface area contributed by atoms with E-state index in [4.69, 9.17) is 24.3 Å². The average molecular weight is 1280 g/mol. The predicted octanol–water partition coefficient (Wildman–Crippen LogP) is 26.7. The molecule has 9 nitrogen and oxygen atoms in total. The molecular formula is C79H156NO8P. The van der Waals surface area contributed by atoms with Crippen molar-refractivity contribution in [2.75, 3.05) is 26.4 Å². The molecule has 3 N–H and O–H groups in total. The van der Waals surface area contributed by atoms with E-state index in [2.05, 4.69) is 26.0 Å². The lowest BCUT2D eigenvalue weighted by atomic mass is 10.0. The van der Waals surface area contributed by atoms with Crippen molar-refractivity contribution >= 4 is 19.8 Å². The zero-order chi connectivity index (χ0) is 64.4. The summed E-state index contributed by atoms with van der Waals surface area (Å²) < 4.78 is 33.3. The Hall–Kier alpha value is -1.25. The van der Waals surface area contributed by atoms with Crippen LogP contribution in [0.3, 0.4) is 0 Å². The van der Waals surface area contributed by atoms with Crippen LogP contribution in [-0.2, 0) is 32.7 Å². The second-order valence-electron chi connectivity index (χ2n) is 27.7. The number of carbonyl (C=O) groups excluding carboxylic acids is 2. The summed E-state index contributed by atoms with van der Waals surface area (Å²) in [5, 5.41) is 0. The topological polar surface area (TPSA) is 134 Å². The Labute approximate surface area is 555 Å². The van der Waals surface area contributed by atoms with Crippen LogP contribution in [0.1, 0.15) is 450 Å². The molecule has 0 amide bonds. The SMILES string of the molecule is CCCCCCCCCC/C=C\CCCCCCCCCCCCCCCCCC(=O)OC(COC(=O)CCCCCCCCCCCCCCCCCCCCCCCCCCCCCCCCCCCCCCCCCCC)COP(=O)(O)OCCN. The van der Waals surface area contributed by atoms with E-state index in [9.17, 15) is 19.0 Å². The van der Waals surface area contributed by atoms with Gasteiger partial charge in [-0.1, -0.05) is 411 Å². The van der Waals surface area contributed by atoms with Gasteiger partial charge in [-0.3, -0.25) is 18.6 Å². The Morgan fingerprint density at radius 2 is 0.551 bits per heavy atom. The summed E-state index contributed by atoms with van der Waals surface area (Å²) in [6, 6.07) is 0. The number of phosphoric ester groups is 1. The Balaban J connectivity index is 3.70. The maximum absolute atomic E-state index is 12.8. The van der Waals surface area contributed by atoms with E-state index in [0.717, 1.165) is 32.1 Å². The summed E-state index contributed by atoms with van der Waals surface area (Å²) in [6.45, 7) is 3.84. The van der Waals surface area contributed by atoms with E-state index in [1.807, 2.05) is 0 Å². The molecule has 0 aromatic heterocycles. The number of hydrogen-bond donors (Lipinski definition) is 2. The molecule has 89 heavy (non-hydrogen) atoms. The summed E-state index contributed by atoms with van der Waals surface area (Å²) in [4.78, 5) is 35.4. The lowest BCUT2D eigenvalue weighted by Gasteiger charge is -2.19. The summed E-state index contributed by atoms with van der Waals surface area (Å²) in [5.74, 6) is -0.799. The standard InChI is InChI=1S/C79H156NO8P/c1-3-5-7-9-11-13-15-17-19-21-23-25-27-29-31-32-33-34-35-36-37-38-39-40-41-42-43-44-46-47-49-51-53-55-57-59-61-63-65-67-69-71-78(81)85-75-77(76-87-89(83,84)86-74-73-80)88-79(82)72-70-68-66-64-62-60-58-56-54-52-50-48-45-30-28-26-24-22-20-18-16-14-12-10-8-6-4-2/h22,24,77H,3-21,23,25-76,80H2,1-2H3,(H,83,84)/b24-22-. The minimum absolute atomic E-state index is 0.0576. The molecule has 0 saturated heterocycles. The van der Waals surface area contributed by atoms with Gasteiger partial charge >= 0.3 is 19.8 Å². The van der Waals surface area contributed by atoms with Crippen LogP contribution in [0.4, 0.5) is 0 Å². The van der Waals surface area contributed by atoms with Crippen molar-refractivity contribution in [3.8, 4) is 0 Å². The van der Waals surface area contributed by atoms with Gasteiger partial charge in [0.25, 0.3) is 0 Å². The first kappa shape index (κ1) is 87.8. The molecule has 0 aliphatic heterocycles. The van der Waals surface area contributed by atoms with Crippen molar-refractivity contribution in [3.63, 3.8) is 0 Å². The van der Waals surface area contributed by atoms with Gasteiger partial charge in [0.1, 0.15) is 6.61 Å². The van der Waals surface area contributed by atoms with Gasteiger partial charge in [0.15, 0.2) is 6.10 Å². The molecule has 2 unspecified atom stereocenters. The Morgan fingerprint density at radius 3 is 0.798 bits per heavy atom. The van der Waals surface area contributed by atoms with Gasteiger partial charge in [0.2, 0.25) is 0 Å². The third-order valence-electron chi connectivity index (χ3n) is 18.7. The summed E-state index contributed by atoms with van der Waals surface area (Å²) in [5.41, 5.74) is 5.41. The Bertz CT molecular complexity index is 1460. The highest BCUT2D eigenvalue weighted by atomic mass is 31.2. The number of allylic oxidation sites excluding steroid dienone is 2. The molecule has 0 aliphatic carbocycles. The normalized spacial score (nSPS) is 12.8. The van der Waals surface area contributed by atoms with Crippen LogP contribution < -0.4 is 5.73 Å². The molecule has 2 atom stereocenters. The minimum Gasteiger partial charge on any atom is -0.462 e. The van der Waals surface area contributed by atoms with Gasteiger partial charge < -0.3 is 20.1 Å². The van der Waals surface area contributed by atoms with Crippen LogP contribution in [0.25, 0.3) is 0 Å². The molecule has 0 saturated carbocycles. The van der Waals surface area contributed by atoms with E-state index in [1.54, 1.807) is 0 Å². The molecular weight excluding hydrogens is 1120 g/mol. The number of hydrogen-bond acceptors (Lipinski definition) is 8. The van der Waals surface area contributed by atoms with Crippen LogP contribution in [0.15, 0.2) is 12.2 Å². The number of esters is 2. The Kier molecular flexibility index (Phi) is 74.7. The van der Waals surface area contributed by atoms with Crippen LogP contribution in [0.2, 0.25) is 0 Å². The van der Waals surface area contributed by atoms with Crippen LogP contribution in [0.5, 0.6) is 0 Å². The van der Waals surface area contributed by atoms with E-state index < -0.39 is 26.5 Å². The molecule has 10 heteroatoms. The molecule has 0 fully saturated rings. The lowest BCUT2D eigenvalue weighted by Crippen LogP contribution is -2.29. The Morgan fingerprint density at radius 1 is 0.326 bits per heavy atom. The summed E-state index contributed by atoms with van der Waals surface area (Å²) in [7, 11) is -4.39. The summed E-state index contributed by atoms with van der Waals surface area (Å²) >= 11 is 0. The fourth-order valence-corrected chi connectivity index (χ4v) is 13.5. The lowest BCUT2D eigenvalue weighted by molar-refractivity contribution is -0.161. The van der Waals surface area contributed by atoms with Crippen molar-refractivity contribution in [2.24, 2.45) is 5.73 Å². The number of ether oxygens (including phenoxy) is 2. The quantitative estimate of drug-likeness (QED) is 0.0264. The number of unbranched alkanes of at least 4 members (excludes halogenated alkanes) is 63. The van der Waals surface area contributed by atoms with Gasteiger partial charge in [-0.15, -0.1) is 0 Å². The fourth-order valence-electron chi connectivity index (χ4n) is 12.7. The van der Waals surface area contributed by atoms with Crippen LogP contribution in [-0.4, -0.2) is 49.3 Å². The highest BCUT2D eigenvalue weighted by Crippen LogP contribution is 2.43. The van der Waals surface area contributed by atoms with Crippen molar-refractivity contribution in [3.05, 3.63) is 12.2 Å². The molecule has 0 aromatic carbocycles. The number of rotatable bonds is 78. The highest BCUT2D eigenvalue weighted by Gasteiger charge is 2.26. The van der Waals surface area contributed by atoms with Crippen molar-refractivity contribution < 1.29 is 37.6 Å². The van der Waals surface area contributed by atoms with Gasteiger partial charge in [0, 0.05) is 19.4 Å². The monoisotopic (exact) mass is 1280 g/mol. The third-order valence-corrected chi connectivity index (χ3v) is 19.6. The molecule has 0 heterocycles. The second-order valence-corrected chi connectivity index (χ2v) is 29.1. The van der Waals surface area contributed by atoms with Gasteiger partial charge in [0.05, 0.1) is 13.2 Å². The average Bonchev–Trinajstić information content (AvgIpc) is 3.64. The molecule has 0 bridgehead atoms. The van der Waals surface area contributed by atoms with E-state index in [-0.39, 0.29) is 38.6 Å². The van der Waals surface area contributed by atoms with Gasteiger partial charge in [-0.2, -0.15) is 0 Å². The van der Waals surface area contributed by atoms with Crippen molar-refractivity contribution in [1.82, 2.24) is 0 Å². The number of carbonyl (C=O) groups is 2. The van der Waals surface area contributed by atoms with Crippen LogP contribution in [0, 0.1) is 0 Å². The summed E-state index contributed by atoms with van der Waals surface area (Å²) in [6.07, 6.45) is 93.7. The number of phosphoric acid groups is 1. The van der Waals surface area contributed by atoms with E-state index in [1.165, 1.54) is 385 Å². The van der Waals surface area contributed by atoms with Crippen molar-refractivity contribution in [1.29, 1.82) is 0 Å². The first-order valence-corrected chi connectivity index (χ1v) is 41.7. The van der Waals surface area contributed by atoms with Crippen LogP contribution >= 0.6 is 7.82 Å². The van der Waals surface area contributed by atoms with Gasteiger partial charge in [-0.05, 0) is 38.5 Å². The second kappa shape index (κ2) is 75.8. The first-order chi connectivity index (χ1) is 43.8. The van der Waals surface area contributed by atoms with Gasteiger partial charge in [-0.25, -0.2) is 4.57 Å². The largest absolute Gasteiger partial charge is 0.472 e. The van der Waals surface area contributed by atoms with E-state index >= 15 is 0 Å². The fraction of sp³-hybridized carbons (Fsp3) is 0.949. The minimum atomic E-state index is -4.39. The molecule has 0 spiro atoms. The molecule has 0 aromatic rings. The maximum Gasteiger partial charge on any atom is 0.472 e. The predicted molar refractivity (Wildman–Crippen MR) is 386 cm³/mol. The zero-order valence-corrected chi connectivity index (χ0v) is 60.9. The van der Waals surface area contributed by atoms with E-state index in [0.29, 0.717) is 6.42 Å². The van der Waals surface area contributed by atoms with Crippen molar-refractivity contribution in [2.45, 2.75) is 457 Å². The maximum atomic E-state index is 12.8. The molecule has 0 rings (SSSR count). The third kappa shape index (κ3) is 75.7. The molecule has 530 valence electrons. The number of nitrogens with two attached hydrogens (primary N) is 1. The molecule has 0 radical (unpaired) electrons.